The molecule has 0 saturated carbocycles. The maximum absolute atomic E-state index is 10.9. The molecule has 15 heavy (non-hydrogen) atoms. The van der Waals surface area contributed by atoms with Gasteiger partial charge < -0.3 is 9.84 Å². The molecule has 0 unspecified atom stereocenters. The van der Waals surface area contributed by atoms with Gasteiger partial charge in [-0.2, -0.15) is 0 Å². The number of rotatable bonds is 4. The van der Waals surface area contributed by atoms with Crippen LogP contribution in [0.3, 0.4) is 0 Å². The Labute approximate surface area is 87.5 Å². The van der Waals surface area contributed by atoms with Gasteiger partial charge in [0.2, 0.25) is 0 Å². The van der Waals surface area contributed by atoms with Gasteiger partial charge in [0.05, 0.1) is 7.11 Å². The Bertz CT molecular complexity index is 396. The largest absolute Gasteiger partial charge is 0.496 e. The summed E-state index contributed by atoms with van der Waals surface area (Å²) >= 11 is 0. The fraction of sp³-hybridized carbons (Fsp3) is 0.273. The zero-order valence-electron chi connectivity index (χ0n) is 8.61. The molecule has 4 nitrogen and oxygen atoms in total. The third-order valence-corrected chi connectivity index (χ3v) is 1.95. The first-order valence-corrected chi connectivity index (χ1v) is 4.44. The molecule has 0 aliphatic heterocycles. The quantitative estimate of drug-likeness (QED) is 0.814. The summed E-state index contributed by atoms with van der Waals surface area (Å²) in [4.78, 5) is 21.7. The highest BCUT2D eigenvalue weighted by molar-refractivity contribution is 5.91. The number of methoxy groups -OCH3 is 1. The van der Waals surface area contributed by atoms with Crippen molar-refractivity contribution in [3.63, 3.8) is 0 Å². The zero-order valence-corrected chi connectivity index (χ0v) is 8.61. The lowest BCUT2D eigenvalue weighted by Gasteiger charge is -2.06. The van der Waals surface area contributed by atoms with E-state index in [9.17, 15) is 9.59 Å². The maximum Gasteiger partial charge on any atom is 0.339 e. The molecular formula is C11H12O4. The first-order valence-electron chi connectivity index (χ1n) is 4.44. The summed E-state index contributed by atoms with van der Waals surface area (Å²) in [5.74, 6) is -0.761. The van der Waals surface area contributed by atoms with Crippen LogP contribution >= 0.6 is 0 Å². The van der Waals surface area contributed by atoms with Crippen molar-refractivity contribution >= 4 is 11.8 Å². The highest BCUT2D eigenvalue weighted by Gasteiger charge is 2.11. The van der Waals surface area contributed by atoms with Gasteiger partial charge in [0.15, 0.2) is 0 Å². The van der Waals surface area contributed by atoms with Gasteiger partial charge in [-0.25, -0.2) is 4.79 Å². The number of carbonyl (C=O) groups is 2. The van der Waals surface area contributed by atoms with E-state index >= 15 is 0 Å². The Kier molecular flexibility index (Phi) is 3.44. The van der Waals surface area contributed by atoms with Crippen LogP contribution in [0, 0.1) is 0 Å². The van der Waals surface area contributed by atoms with Crippen LogP contribution in [0.2, 0.25) is 0 Å². The van der Waals surface area contributed by atoms with Gasteiger partial charge in [-0.05, 0) is 24.6 Å². The number of carboxylic acid groups (broad SMARTS) is 1. The summed E-state index contributed by atoms with van der Waals surface area (Å²) in [6, 6.07) is 4.71. The molecular weight excluding hydrogens is 196 g/mol. The molecule has 0 saturated heterocycles. The Hall–Kier alpha value is -1.84. The van der Waals surface area contributed by atoms with Crippen molar-refractivity contribution in [3.8, 4) is 5.75 Å². The van der Waals surface area contributed by atoms with Gasteiger partial charge in [-0.1, -0.05) is 6.07 Å². The number of hydrogen-bond acceptors (Lipinski definition) is 3. The van der Waals surface area contributed by atoms with Crippen molar-refractivity contribution in [2.75, 3.05) is 7.11 Å². The third-order valence-electron chi connectivity index (χ3n) is 1.95. The molecule has 0 heterocycles. The Morgan fingerprint density at radius 2 is 2.07 bits per heavy atom. The number of carbonyl (C=O) groups excluding carboxylic acids is 1. The summed E-state index contributed by atoms with van der Waals surface area (Å²) in [7, 11) is 1.41. The molecule has 0 bridgehead atoms. The second-order valence-corrected chi connectivity index (χ2v) is 3.22. The summed E-state index contributed by atoms with van der Waals surface area (Å²) in [5, 5.41) is 8.89. The minimum absolute atomic E-state index is 0.00324. The van der Waals surface area contributed by atoms with E-state index in [1.165, 1.54) is 20.1 Å². The van der Waals surface area contributed by atoms with Crippen molar-refractivity contribution in [2.45, 2.75) is 13.3 Å². The number of aromatic carboxylic acids is 1. The monoisotopic (exact) mass is 208 g/mol. The number of hydrogen-bond donors (Lipinski definition) is 1. The smallest absolute Gasteiger partial charge is 0.339 e. The number of Topliss-reactive ketones (excluding diaryl/α,β-unsaturated/α-hetero) is 1. The molecule has 0 aliphatic rings. The molecule has 0 aromatic heterocycles. The summed E-state index contributed by atoms with van der Waals surface area (Å²) in [5.41, 5.74) is 0.761. The average molecular weight is 208 g/mol. The lowest BCUT2D eigenvalue weighted by molar-refractivity contribution is -0.116. The van der Waals surface area contributed by atoms with E-state index < -0.39 is 5.97 Å². The molecule has 0 amide bonds. The van der Waals surface area contributed by atoms with E-state index in [0.29, 0.717) is 11.3 Å². The van der Waals surface area contributed by atoms with Crippen LogP contribution in [0.15, 0.2) is 18.2 Å². The van der Waals surface area contributed by atoms with Gasteiger partial charge >= 0.3 is 5.97 Å². The Morgan fingerprint density at radius 3 is 2.53 bits per heavy atom. The van der Waals surface area contributed by atoms with E-state index in [1.807, 2.05) is 0 Å². The van der Waals surface area contributed by atoms with Gasteiger partial charge in [0.25, 0.3) is 0 Å². The minimum atomic E-state index is -1.06. The molecule has 0 radical (unpaired) electrons. The maximum atomic E-state index is 10.9. The molecule has 0 aliphatic carbocycles. The lowest BCUT2D eigenvalue weighted by Crippen LogP contribution is -2.03. The van der Waals surface area contributed by atoms with Crippen LogP contribution < -0.4 is 4.74 Å². The predicted octanol–water partition coefficient (Wildman–Crippen LogP) is 1.52. The van der Waals surface area contributed by atoms with Crippen LogP contribution in [-0.2, 0) is 11.2 Å². The molecule has 1 aromatic rings. The minimum Gasteiger partial charge on any atom is -0.496 e. The fourth-order valence-corrected chi connectivity index (χ4v) is 1.32. The predicted molar refractivity (Wildman–Crippen MR) is 54.3 cm³/mol. The number of benzene rings is 1. The van der Waals surface area contributed by atoms with Gasteiger partial charge in [0.1, 0.15) is 17.1 Å². The standard InChI is InChI=1S/C11H12O4/c1-7(12)5-8-3-4-10(15-2)9(6-8)11(13)14/h3-4,6H,5H2,1-2H3,(H,13,14). The zero-order chi connectivity index (χ0) is 11.4. The van der Waals surface area contributed by atoms with Crippen LogP contribution in [0.1, 0.15) is 22.8 Å². The molecule has 4 heteroatoms. The van der Waals surface area contributed by atoms with Gasteiger partial charge in [-0.15, -0.1) is 0 Å². The van der Waals surface area contributed by atoms with Crippen molar-refractivity contribution in [1.29, 1.82) is 0 Å². The SMILES string of the molecule is COc1ccc(CC(C)=O)cc1C(=O)O. The van der Waals surface area contributed by atoms with Crippen molar-refractivity contribution in [3.05, 3.63) is 29.3 Å². The molecule has 1 aromatic carbocycles. The van der Waals surface area contributed by atoms with Crippen LogP contribution in [0.4, 0.5) is 0 Å². The fourth-order valence-electron chi connectivity index (χ4n) is 1.32. The first kappa shape index (κ1) is 11.2. The van der Waals surface area contributed by atoms with E-state index in [-0.39, 0.29) is 17.8 Å². The molecule has 0 atom stereocenters. The normalized spacial score (nSPS) is 9.73. The second kappa shape index (κ2) is 4.59. The van der Waals surface area contributed by atoms with Gasteiger partial charge in [0, 0.05) is 6.42 Å². The third kappa shape index (κ3) is 2.80. The van der Waals surface area contributed by atoms with E-state index in [2.05, 4.69) is 0 Å². The van der Waals surface area contributed by atoms with Crippen molar-refractivity contribution < 1.29 is 19.4 Å². The highest BCUT2D eigenvalue weighted by atomic mass is 16.5. The van der Waals surface area contributed by atoms with Gasteiger partial charge in [-0.3, -0.25) is 4.79 Å². The Balaban J connectivity index is 3.10. The van der Waals surface area contributed by atoms with E-state index in [1.54, 1.807) is 12.1 Å². The van der Waals surface area contributed by atoms with E-state index in [0.717, 1.165) is 0 Å². The summed E-state index contributed by atoms with van der Waals surface area (Å²) < 4.78 is 4.90. The number of carboxylic acids is 1. The second-order valence-electron chi connectivity index (χ2n) is 3.22. The lowest BCUT2D eigenvalue weighted by atomic mass is 10.1. The molecule has 1 N–H and O–H groups in total. The van der Waals surface area contributed by atoms with Crippen LogP contribution in [0.25, 0.3) is 0 Å². The van der Waals surface area contributed by atoms with E-state index in [4.69, 9.17) is 9.84 Å². The highest BCUT2D eigenvalue weighted by Crippen LogP contribution is 2.20. The van der Waals surface area contributed by atoms with Crippen molar-refractivity contribution in [2.24, 2.45) is 0 Å². The molecule has 80 valence electrons. The van der Waals surface area contributed by atoms with Crippen molar-refractivity contribution in [1.82, 2.24) is 0 Å². The topological polar surface area (TPSA) is 63.6 Å². The Morgan fingerprint density at radius 1 is 1.40 bits per heavy atom. The van der Waals surface area contributed by atoms with Crippen LogP contribution in [-0.4, -0.2) is 24.0 Å². The summed E-state index contributed by atoms with van der Waals surface area (Å²) in [6.07, 6.45) is 0.240. The molecule has 0 spiro atoms. The number of ether oxygens (including phenoxy) is 1. The average Bonchev–Trinajstić information content (AvgIpc) is 2.16. The molecule has 1 rings (SSSR count). The first-order chi connectivity index (χ1) is 7.04. The summed E-state index contributed by atoms with van der Waals surface area (Å²) in [6.45, 7) is 1.46. The number of ketones is 1. The van der Waals surface area contributed by atoms with Crippen LogP contribution in [0.5, 0.6) is 5.75 Å². The molecule has 0 fully saturated rings.